The molecule has 0 aromatic rings. The van der Waals surface area contributed by atoms with Crippen LogP contribution in [0.15, 0.2) is 4.99 Å². The summed E-state index contributed by atoms with van der Waals surface area (Å²) < 4.78 is 0. The van der Waals surface area contributed by atoms with Gasteiger partial charge in [-0.05, 0) is 39.0 Å². The lowest BCUT2D eigenvalue weighted by Gasteiger charge is -2.40. The van der Waals surface area contributed by atoms with Gasteiger partial charge in [0.1, 0.15) is 5.84 Å². The monoisotopic (exact) mass is 319 g/mol. The van der Waals surface area contributed by atoms with Crippen LogP contribution in [0.5, 0.6) is 0 Å². The molecular formula is C18H29N3O2. The Balaban J connectivity index is 1.77. The van der Waals surface area contributed by atoms with Gasteiger partial charge in [-0.25, -0.2) is 0 Å². The molecule has 1 aliphatic carbocycles. The average molecular weight is 319 g/mol. The second-order valence-corrected chi connectivity index (χ2v) is 7.20. The topological polar surface area (TPSA) is 53.0 Å². The predicted octanol–water partition coefficient (Wildman–Crippen LogP) is 2.60. The van der Waals surface area contributed by atoms with Crippen LogP contribution in [0.2, 0.25) is 0 Å². The average Bonchev–Trinajstić information content (AvgIpc) is 2.75. The van der Waals surface area contributed by atoms with Gasteiger partial charge in [0, 0.05) is 25.4 Å². The van der Waals surface area contributed by atoms with Crippen LogP contribution in [0.25, 0.3) is 0 Å². The first-order valence-electron chi connectivity index (χ1n) is 9.31. The summed E-state index contributed by atoms with van der Waals surface area (Å²) in [5.41, 5.74) is -0.684. The highest BCUT2D eigenvalue weighted by Gasteiger charge is 2.51. The van der Waals surface area contributed by atoms with E-state index in [0.29, 0.717) is 13.1 Å². The van der Waals surface area contributed by atoms with Gasteiger partial charge < -0.3 is 4.90 Å². The highest BCUT2D eigenvalue weighted by Crippen LogP contribution is 2.36. The summed E-state index contributed by atoms with van der Waals surface area (Å²) in [4.78, 5) is 34.2. The Morgan fingerprint density at radius 2 is 2.09 bits per heavy atom. The first-order chi connectivity index (χ1) is 11.1. The minimum absolute atomic E-state index is 0.122. The molecule has 1 saturated heterocycles. The molecule has 1 saturated carbocycles. The smallest absolute Gasteiger partial charge is 0.257 e. The van der Waals surface area contributed by atoms with E-state index in [0.717, 1.165) is 63.7 Å². The third kappa shape index (κ3) is 2.90. The minimum Gasteiger partial charge on any atom is -0.339 e. The largest absolute Gasteiger partial charge is 0.339 e. The summed E-state index contributed by atoms with van der Waals surface area (Å²) in [6, 6.07) is 0. The van der Waals surface area contributed by atoms with Gasteiger partial charge in [0.05, 0.1) is 6.54 Å². The SMILES string of the molecule is CCCCC1=NC2(CCCN(C(=O)C3CCC3)C2)C(=O)N1CC. The number of aliphatic imine (C=N–C) groups is 1. The van der Waals surface area contributed by atoms with E-state index < -0.39 is 5.54 Å². The Morgan fingerprint density at radius 1 is 1.30 bits per heavy atom. The number of hydrogen-bond acceptors (Lipinski definition) is 3. The van der Waals surface area contributed by atoms with Gasteiger partial charge in [-0.15, -0.1) is 0 Å². The maximum Gasteiger partial charge on any atom is 0.257 e. The van der Waals surface area contributed by atoms with Crippen LogP contribution >= 0.6 is 0 Å². The number of likely N-dealkylation sites (N-methyl/N-ethyl adjacent to an activating group) is 1. The third-order valence-corrected chi connectivity index (χ3v) is 5.60. The van der Waals surface area contributed by atoms with Crippen molar-refractivity contribution in [3.63, 3.8) is 0 Å². The van der Waals surface area contributed by atoms with Gasteiger partial charge in [-0.2, -0.15) is 0 Å². The second kappa shape index (κ2) is 6.62. The fourth-order valence-electron chi connectivity index (χ4n) is 3.98. The summed E-state index contributed by atoms with van der Waals surface area (Å²) in [6.45, 7) is 6.13. The van der Waals surface area contributed by atoms with Crippen LogP contribution in [0.4, 0.5) is 0 Å². The van der Waals surface area contributed by atoms with E-state index in [9.17, 15) is 9.59 Å². The Morgan fingerprint density at radius 3 is 2.70 bits per heavy atom. The molecule has 2 amide bonds. The minimum atomic E-state index is -0.684. The van der Waals surface area contributed by atoms with E-state index in [4.69, 9.17) is 4.99 Å². The Kier molecular flexibility index (Phi) is 4.74. The Hall–Kier alpha value is -1.39. The molecule has 0 aromatic heterocycles. The number of unbranched alkanes of at least 4 members (excludes halogenated alkanes) is 1. The van der Waals surface area contributed by atoms with E-state index in [1.165, 1.54) is 0 Å². The van der Waals surface area contributed by atoms with E-state index >= 15 is 0 Å². The van der Waals surface area contributed by atoms with Crippen molar-refractivity contribution < 1.29 is 9.59 Å². The van der Waals surface area contributed by atoms with Crippen molar-refractivity contribution >= 4 is 17.6 Å². The molecule has 2 aliphatic heterocycles. The molecule has 1 spiro atoms. The molecule has 23 heavy (non-hydrogen) atoms. The standard InChI is InChI=1S/C18H29N3O2/c1-3-5-10-15-19-18(17(23)21(15)4-2)11-7-12-20(13-18)16(22)14-8-6-9-14/h14H,3-13H2,1-2H3. The van der Waals surface area contributed by atoms with Crippen molar-refractivity contribution in [2.45, 2.75) is 70.8 Å². The lowest BCUT2D eigenvalue weighted by atomic mass is 9.82. The number of amidine groups is 1. The third-order valence-electron chi connectivity index (χ3n) is 5.60. The molecule has 128 valence electrons. The zero-order valence-electron chi connectivity index (χ0n) is 14.5. The Labute approximate surface area is 139 Å². The van der Waals surface area contributed by atoms with Crippen molar-refractivity contribution in [3.05, 3.63) is 0 Å². The molecule has 0 aromatic carbocycles. The van der Waals surface area contributed by atoms with Crippen LogP contribution in [0, 0.1) is 5.92 Å². The van der Waals surface area contributed by atoms with Gasteiger partial charge in [0.25, 0.3) is 5.91 Å². The number of carbonyl (C=O) groups is 2. The van der Waals surface area contributed by atoms with Crippen LogP contribution in [-0.2, 0) is 9.59 Å². The molecule has 1 unspecified atom stereocenters. The summed E-state index contributed by atoms with van der Waals surface area (Å²) in [5.74, 6) is 1.52. The van der Waals surface area contributed by atoms with E-state index in [1.54, 1.807) is 0 Å². The summed E-state index contributed by atoms with van der Waals surface area (Å²) >= 11 is 0. The maximum absolute atomic E-state index is 13.0. The van der Waals surface area contributed by atoms with E-state index in [-0.39, 0.29) is 17.7 Å². The maximum atomic E-state index is 13.0. The number of rotatable bonds is 5. The summed E-state index contributed by atoms with van der Waals surface area (Å²) in [6.07, 6.45) is 7.89. The molecule has 5 heteroatoms. The van der Waals surface area contributed by atoms with Crippen LogP contribution in [0.3, 0.4) is 0 Å². The van der Waals surface area contributed by atoms with Gasteiger partial charge in [0.15, 0.2) is 5.54 Å². The van der Waals surface area contributed by atoms with Gasteiger partial charge >= 0.3 is 0 Å². The fraction of sp³-hybridized carbons (Fsp3) is 0.833. The molecule has 2 fully saturated rings. The van der Waals surface area contributed by atoms with E-state index in [1.807, 2.05) is 16.7 Å². The van der Waals surface area contributed by atoms with Gasteiger partial charge in [-0.3, -0.25) is 19.5 Å². The zero-order valence-corrected chi connectivity index (χ0v) is 14.5. The summed E-state index contributed by atoms with van der Waals surface area (Å²) in [7, 11) is 0. The molecule has 2 heterocycles. The quantitative estimate of drug-likeness (QED) is 0.782. The highest BCUT2D eigenvalue weighted by atomic mass is 16.2. The number of likely N-dealkylation sites (tertiary alicyclic amines) is 1. The molecule has 3 aliphatic rings. The predicted molar refractivity (Wildman–Crippen MR) is 90.2 cm³/mol. The number of hydrogen-bond donors (Lipinski definition) is 0. The number of nitrogens with zero attached hydrogens (tertiary/aromatic N) is 3. The van der Waals surface area contributed by atoms with Crippen LogP contribution < -0.4 is 0 Å². The number of amides is 2. The lowest BCUT2D eigenvalue weighted by molar-refractivity contribution is -0.143. The van der Waals surface area contributed by atoms with Crippen molar-refractivity contribution in [3.8, 4) is 0 Å². The number of piperidine rings is 1. The Bertz CT molecular complexity index is 512. The molecule has 1 atom stereocenters. The molecule has 0 N–H and O–H groups in total. The molecule has 0 radical (unpaired) electrons. The lowest BCUT2D eigenvalue weighted by Crippen LogP contribution is -2.56. The van der Waals surface area contributed by atoms with Crippen LogP contribution in [-0.4, -0.2) is 52.6 Å². The van der Waals surface area contributed by atoms with E-state index in [2.05, 4.69) is 6.92 Å². The highest BCUT2D eigenvalue weighted by molar-refractivity contribution is 6.08. The van der Waals surface area contributed by atoms with Crippen molar-refractivity contribution in [2.75, 3.05) is 19.6 Å². The van der Waals surface area contributed by atoms with Crippen LogP contribution in [0.1, 0.15) is 65.2 Å². The molecule has 3 rings (SSSR count). The zero-order chi connectivity index (χ0) is 16.4. The number of carbonyl (C=O) groups excluding carboxylic acids is 2. The first-order valence-corrected chi connectivity index (χ1v) is 9.31. The normalized spacial score (nSPS) is 28.3. The molecule has 5 nitrogen and oxygen atoms in total. The first kappa shape index (κ1) is 16.5. The fourth-order valence-corrected chi connectivity index (χ4v) is 3.98. The molecule has 0 bridgehead atoms. The van der Waals surface area contributed by atoms with Crippen molar-refractivity contribution in [1.29, 1.82) is 0 Å². The second-order valence-electron chi connectivity index (χ2n) is 7.20. The van der Waals surface area contributed by atoms with Gasteiger partial charge in [0.2, 0.25) is 5.91 Å². The summed E-state index contributed by atoms with van der Waals surface area (Å²) in [5, 5.41) is 0. The van der Waals surface area contributed by atoms with Crippen molar-refractivity contribution in [1.82, 2.24) is 9.80 Å². The molecular weight excluding hydrogens is 290 g/mol. The van der Waals surface area contributed by atoms with Crippen molar-refractivity contribution in [2.24, 2.45) is 10.9 Å². The van der Waals surface area contributed by atoms with Gasteiger partial charge in [-0.1, -0.05) is 19.8 Å².